The number of allylic oxidation sites excluding steroid dienone is 2. The molecule has 0 saturated heterocycles. The lowest BCUT2D eigenvalue weighted by atomic mass is 10.1. The summed E-state index contributed by atoms with van der Waals surface area (Å²) in [5, 5.41) is 23.6. The first-order valence-electron chi connectivity index (χ1n) is 14.9. The van der Waals surface area contributed by atoms with Gasteiger partial charge in [-0.05, 0) is 96.1 Å². The highest BCUT2D eigenvalue weighted by atomic mass is 32.2. The van der Waals surface area contributed by atoms with Gasteiger partial charge in [-0.1, -0.05) is 12.1 Å². The number of hydrogen-bond donors (Lipinski definition) is 0. The Labute approximate surface area is 302 Å². The van der Waals surface area contributed by atoms with Crippen molar-refractivity contribution in [1.29, 1.82) is 10.5 Å². The summed E-state index contributed by atoms with van der Waals surface area (Å²) in [4.78, 5) is 19.8. The molecule has 1 atom stereocenters. The van der Waals surface area contributed by atoms with Gasteiger partial charge in [0.15, 0.2) is 0 Å². The van der Waals surface area contributed by atoms with Gasteiger partial charge in [-0.25, -0.2) is 0 Å². The summed E-state index contributed by atoms with van der Waals surface area (Å²) < 4.78 is 0. The van der Waals surface area contributed by atoms with Crippen molar-refractivity contribution in [3.05, 3.63) is 122 Å². The lowest BCUT2D eigenvalue weighted by molar-refractivity contribution is 1.06. The maximum Gasteiger partial charge on any atom is 0.101 e. The molecule has 0 bridgehead atoms. The number of thiophene rings is 5. The summed E-state index contributed by atoms with van der Waals surface area (Å²) in [5.74, 6) is 0. The van der Waals surface area contributed by atoms with Crippen LogP contribution in [-0.2, 0) is 0 Å². The zero-order chi connectivity index (χ0) is 32.5. The molecule has 1 aliphatic heterocycles. The lowest BCUT2D eigenvalue weighted by Crippen LogP contribution is -1.99. The number of aromatic nitrogens is 2. The molecule has 0 radical (unpaired) electrons. The zero-order valence-electron chi connectivity index (χ0n) is 25.0. The van der Waals surface area contributed by atoms with Gasteiger partial charge in [0.25, 0.3) is 0 Å². The SMILES string of the molecule is N#C/C(=C\c1ccc(-c2ccc(-c3cnc4cc(-c5ccc(-c6ccc(/C=C(\C#N)C7CC=CS7)s6)s5)cnc4c3)s2)s1)c1cccs1. The van der Waals surface area contributed by atoms with Crippen LogP contribution in [0.15, 0.2) is 108 Å². The number of rotatable bonds is 8. The molecule has 0 amide bonds. The molecule has 10 heteroatoms. The van der Waals surface area contributed by atoms with Gasteiger partial charge in [-0.3, -0.25) is 9.97 Å². The number of nitrogens with zero attached hydrogens (tertiary/aromatic N) is 4. The summed E-state index contributed by atoms with van der Waals surface area (Å²) in [7, 11) is 0. The average Bonchev–Trinajstić information content (AvgIpc) is 3.95. The molecule has 0 N–H and O–H groups in total. The second-order valence-corrected chi connectivity index (χ2v) is 17.3. The van der Waals surface area contributed by atoms with Gasteiger partial charge in [0.05, 0.1) is 22.7 Å². The minimum absolute atomic E-state index is 0.228. The van der Waals surface area contributed by atoms with Crippen molar-refractivity contribution in [2.24, 2.45) is 0 Å². The van der Waals surface area contributed by atoms with E-state index in [0.717, 1.165) is 58.5 Å². The van der Waals surface area contributed by atoms with E-state index in [1.807, 2.05) is 42.1 Å². The van der Waals surface area contributed by atoms with E-state index in [2.05, 4.69) is 84.3 Å². The van der Waals surface area contributed by atoms with Gasteiger partial charge < -0.3 is 0 Å². The highest BCUT2D eigenvalue weighted by Gasteiger charge is 2.17. The van der Waals surface area contributed by atoms with E-state index in [4.69, 9.17) is 9.97 Å². The monoisotopic (exact) mass is 726 g/mol. The van der Waals surface area contributed by atoms with E-state index in [0.29, 0.717) is 5.57 Å². The van der Waals surface area contributed by atoms with E-state index in [-0.39, 0.29) is 5.25 Å². The van der Waals surface area contributed by atoms with Crippen LogP contribution >= 0.6 is 68.4 Å². The van der Waals surface area contributed by atoms with E-state index in [9.17, 15) is 10.5 Å². The third-order valence-electron chi connectivity index (χ3n) is 7.71. The topological polar surface area (TPSA) is 73.4 Å². The van der Waals surface area contributed by atoms with E-state index in [1.165, 1.54) is 19.5 Å². The van der Waals surface area contributed by atoms with Crippen LogP contribution in [0.25, 0.3) is 69.1 Å². The second kappa shape index (κ2) is 13.6. The molecule has 0 aromatic carbocycles. The highest BCUT2D eigenvalue weighted by Crippen LogP contribution is 2.41. The fraction of sp³-hybridized carbons (Fsp3) is 0.0526. The van der Waals surface area contributed by atoms with Gasteiger partial charge in [0.2, 0.25) is 0 Å². The summed E-state index contributed by atoms with van der Waals surface area (Å²) in [5.41, 5.74) is 5.34. The standard InChI is InChI=1S/C38H22N4S6/c39-19-23(31-3-1-13-43-31)15-27-5-7-35(45-27)37-11-9-33(47-37)25-17-29-30(41-21-25)18-26(22-42-29)34-10-12-38(48-34)36-8-6-28(46-36)16-24(20-40)32-4-2-14-44-32/h1-3,5-18,21-22,32H,4H2/b23-15+,24-16+. The quantitative estimate of drug-likeness (QED) is 0.146. The molecule has 0 fully saturated rings. The number of thioether (sulfide) groups is 1. The van der Waals surface area contributed by atoms with Gasteiger partial charge in [0.1, 0.15) is 6.07 Å². The molecule has 48 heavy (non-hydrogen) atoms. The Kier molecular flexibility index (Phi) is 8.77. The van der Waals surface area contributed by atoms with Crippen molar-refractivity contribution < 1.29 is 0 Å². The van der Waals surface area contributed by atoms with Gasteiger partial charge in [0, 0.05) is 78.2 Å². The van der Waals surface area contributed by atoms with Crippen molar-refractivity contribution >= 4 is 97.2 Å². The van der Waals surface area contributed by atoms with Crippen LogP contribution in [-0.4, -0.2) is 15.2 Å². The predicted octanol–water partition coefficient (Wildman–Crippen LogP) is 12.6. The molecule has 7 aromatic heterocycles. The fourth-order valence-corrected chi connectivity index (χ4v) is 11.0. The van der Waals surface area contributed by atoms with Crippen LogP contribution in [0.1, 0.15) is 21.1 Å². The Balaban J connectivity index is 0.986. The first-order valence-corrected chi connectivity index (χ1v) is 20.0. The number of fused-ring (bicyclic) bond motifs is 1. The summed E-state index contributed by atoms with van der Waals surface area (Å²) in [6, 6.07) is 30.0. The van der Waals surface area contributed by atoms with Crippen molar-refractivity contribution in [2.75, 3.05) is 0 Å². The molecule has 0 aliphatic carbocycles. The third-order valence-corrected chi connectivity index (χ3v) is 14.5. The van der Waals surface area contributed by atoms with E-state index in [1.54, 1.807) is 68.4 Å². The maximum absolute atomic E-state index is 9.67. The minimum atomic E-state index is 0.228. The molecule has 8 rings (SSSR count). The van der Waals surface area contributed by atoms with Crippen LogP contribution < -0.4 is 0 Å². The van der Waals surface area contributed by atoms with E-state index < -0.39 is 0 Å². The largest absolute Gasteiger partial charge is 0.254 e. The Morgan fingerprint density at radius 2 is 1.27 bits per heavy atom. The van der Waals surface area contributed by atoms with Crippen molar-refractivity contribution in [1.82, 2.24) is 9.97 Å². The van der Waals surface area contributed by atoms with Crippen molar-refractivity contribution in [2.45, 2.75) is 11.7 Å². The van der Waals surface area contributed by atoms with Crippen LogP contribution in [0.4, 0.5) is 0 Å². The Hall–Kier alpha value is -4.39. The maximum atomic E-state index is 9.67. The summed E-state index contributed by atoms with van der Waals surface area (Å²) in [6.45, 7) is 0. The molecular formula is C38H22N4S6. The predicted molar refractivity (Wildman–Crippen MR) is 209 cm³/mol. The smallest absolute Gasteiger partial charge is 0.101 e. The second-order valence-electron chi connectivity index (χ2n) is 10.8. The molecule has 230 valence electrons. The van der Waals surface area contributed by atoms with Crippen LogP contribution in [0.2, 0.25) is 0 Å². The lowest BCUT2D eigenvalue weighted by Gasteiger charge is -2.05. The molecule has 4 nitrogen and oxygen atoms in total. The van der Waals surface area contributed by atoms with Crippen LogP contribution in [0.3, 0.4) is 0 Å². The Bertz CT molecular complexity index is 2440. The van der Waals surface area contributed by atoms with E-state index >= 15 is 0 Å². The molecular weight excluding hydrogens is 705 g/mol. The Morgan fingerprint density at radius 3 is 1.81 bits per heavy atom. The number of hydrogen-bond acceptors (Lipinski definition) is 10. The van der Waals surface area contributed by atoms with Gasteiger partial charge in [-0.15, -0.1) is 68.4 Å². The van der Waals surface area contributed by atoms with Crippen molar-refractivity contribution in [3.63, 3.8) is 0 Å². The first-order chi connectivity index (χ1) is 23.6. The molecule has 1 aliphatic rings. The molecule has 1 unspecified atom stereocenters. The molecule has 0 spiro atoms. The first kappa shape index (κ1) is 30.9. The van der Waals surface area contributed by atoms with Crippen LogP contribution in [0.5, 0.6) is 0 Å². The highest BCUT2D eigenvalue weighted by molar-refractivity contribution is 8.03. The average molecular weight is 727 g/mol. The fourth-order valence-electron chi connectivity index (χ4n) is 5.32. The zero-order valence-corrected chi connectivity index (χ0v) is 29.9. The Morgan fingerprint density at radius 1 is 0.688 bits per heavy atom. The summed E-state index contributed by atoms with van der Waals surface area (Å²) in [6.07, 6.45) is 10.9. The van der Waals surface area contributed by atoms with Gasteiger partial charge in [-0.2, -0.15) is 10.5 Å². The van der Waals surface area contributed by atoms with Crippen LogP contribution in [0, 0.1) is 22.7 Å². The molecule has 8 heterocycles. The minimum Gasteiger partial charge on any atom is -0.254 e. The number of nitriles is 2. The molecule has 7 aromatic rings. The normalized spacial score (nSPS) is 14.8. The third kappa shape index (κ3) is 6.39. The number of pyridine rings is 2. The van der Waals surface area contributed by atoms with Gasteiger partial charge >= 0.3 is 0 Å². The van der Waals surface area contributed by atoms with Crippen molar-refractivity contribution in [3.8, 4) is 52.5 Å². The molecule has 0 saturated carbocycles. The summed E-state index contributed by atoms with van der Waals surface area (Å²) >= 11 is 10.2.